The third-order valence-electron chi connectivity index (χ3n) is 29.3. The van der Waals surface area contributed by atoms with Gasteiger partial charge in [-0.1, -0.05) is 252 Å². The highest BCUT2D eigenvalue weighted by atomic mass is 32.1. The third kappa shape index (κ3) is 12.2. The zero-order valence-electron chi connectivity index (χ0n) is 77.3. The van der Waals surface area contributed by atoms with Gasteiger partial charge in [-0.15, -0.1) is 0 Å². The van der Waals surface area contributed by atoms with Gasteiger partial charge in [0.2, 0.25) is 0 Å². The number of hydrogen-bond donors (Lipinski definition) is 0. The van der Waals surface area contributed by atoms with Crippen LogP contribution in [0.15, 0.2) is 450 Å². The second-order valence-electron chi connectivity index (χ2n) is 37.3. The molecule has 0 aliphatic heterocycles. The lowest BCUT2D eigenvalue weighted by Gasteiger charge is -2.09. The van der Waals surface area contributed by atoms with Gasteiger partial charge >= 0.3 is 0 Å². The summed E-state index contributed by atoms with van der Waals surface area (Å²) in [5.41, 5.74) is 40.1. The number of imidazole rings is 6. The second kappa shape index (κ2) is 31.2. The van der Waals surface area contributed by atoms with Crippen molar-refractivity contribution in [3.05, 3.63) is 437 Å². The number of furan rings is 3. The van der Waals surface area contributed by atoms with E-state index in [1.807, 2.05) is 48.5 Å². The molecule has 0 spiro atoms. The molecule has 0 radical (unpaired) electrons. The van der Waals surface area contributed by atoms with E-state index in [4.69, 9.17) is 43.2 Å². The van der Waals surface area contributed by atoms with E-state index in [2.05, 4.69) is 424 Å². The van der Waals surface area contributed by atoms with E-state index in [9.17, 15) is 0 Å². The van der Waals surface area contributed by atoms with Crippen molar-refractivity contribution in [2.75, 3.05) is 0 Å². The molecule has 34 aromatic rings. The van der Waals surface area contributed by atoms with Gasteiger partial charge < -0.3 is 22.4 Å². The van der Waals surface area contributed by atoms with Crippen LogP contribution in [-0.4, -0.2) is 65.4 Å². The summed E-state index contributed by atoms with van der Waals surface area (Å²) in [5, 5.41) is 11.6. The Bertz CT molecular complexity index is 11600. The smallest absolute Gasteiger partial charge is 0.198 e. The molecule has 20 aromatic carbocycles. The predicted molar refractivity (Wildman–Crippen MR) is 602 cm³/mol. The standard InChI is InChI=1S/C50H29N5OS.C44H25N5OS.C32H18N4OS/c1-5-16-41-35(12-1)36-13-2-6-17-42(36)53(41)34-22-25-48-38(29-34)37-27-32(21-24-47(37)56-48)30-10-9-11-31(26-30)33-20-23-45-46(28-33)55-44-19-8-4-15-40(44)52-50(55)57-49-51-39-14-3-7-18-43(39)54(45)49;1-5-13-35-29(9-1)30-10-2-6-14-36(30)47(35)28-19-22-42-32(25-28)31-23-26(18-21-41(31)50-42)27-17-20-39-40(24-27)49-38-16-8-4-12-34(38)46-44(49)51-43-45-33-11-3-7-15-37(33)48(39)43;1-6-12-29-21(7-1)22-17-19(14-16-30(22)37-29)20-13-15-27-28(18-20)36-26-11-5-3-9-24(26)34-32(36)38-31-33-23-8-2-4-10-25(23)35(27)31/h1-29H;1-25H;1-18H. The van der Waals surface area contributed by atoms with Crippen molar-refractivity contribution in [2.24, 2.45) is 0 Å². The molecule has 17 nitrogen and oxygen atoms in total. The van der Waals surface area contributed by atoms with Crippen molar-refractivity contribution in [3.8, 4) is 55.9 Å². The molecule has 0 aliphatic carbocycles. The molecule has 14 aromatic heterocycles. The number of nitrogens with zero attached hydrogens (tertiary/aromatic N) is 14. The zero-order valence-corrected chi connectivity index (χ0v) is 79.7. The molecule has 682 valence electrons. The summed E-state index contributed by atoms with van der Waals surface area (Å²) in [7, 11) is 0. The molecule has 146 heavy (non-hydrogen) atoms. The Labute approximate surface area is 837 Å². The highest BCUT2D eigenvalue weighted by molar-refractivity contribution is 7.22. The van der Waals surface area contributed by atoms with E-state index in [1.165, 1.54) is 43.6 Å². The van der Waals surface area contributed by atoms with Gasteiger partial charge in [0.1, 0.15) is 33.5 Å². The van der Waals surface area contributed by atoms with Crippen LogP contribution < -0.4 is 0 Å². The topological polar surface area (TPSA) is 153 Å². The summed E-state index contributed by atoms with van der Waals surface area (Å²) in [4.78, 5) is 35.7. The fraction of sp³-hybridized carbons (Fsp3) is 0. The van der Waals surface area contributed by atoms with Crippen LogP contribution in [0, 0.1) is 0 Å². The number of hydrogen-bond acceptors (Lipinski definition) is 12. The molecular weight excluding hydrogens is 1850 g/mol. The van der Waals surface area contributed by atoms with Crippen molar-refractivity contribution >= 4 is 273 Å². The van der Waals surface area contributed by atoms with E-state index in [0.29, 0.717) is 0 Å². The Morgan fingerprint density at radius 1 is 0.144 bits per heavy atom. The van der Waals surface area contributed by atoms with Gasteiger partial charge in [0.15, 0.2) is 29.8 Å². The molecule has 34 rings (SSSR count). The quantitative estimate of drug-likeness (QED) is 0.158. The first-order valence-electron chi connectivity index (χ1n) is 48.6. The third-order valence-corrected chi connectivity index (χ3v) is 32.0. The summed E-state index contributed by atoms with van der Waals surface area (Å²) in [5.74, 6) is 0. The van der Waals surface area contributed by atoms with Crippen LogP contribution in [0.25, 0.3) is 294 Å². The highest BCUT2D eigenvalue weighted by Crippen LogP contribution is 2.45. The van der Waals surface area contributed by atoms with Crippen LogP contribution in [0.4, 0.5) is 0 Å². The second-order valence-corrected chi connectivity index (χ2v) is 40.1. The fourth-order valence-electron chi connectivity index (χ4n) is 22.6. The highest BCUT2D eigenvalue weighted by Gasteiger charge is 2.25. The first kappa shape index (κ1) is 80.7. The van der Waals surface area contributed by atoms with E-state index >= 15 is 0 Å². The SMILES string of the molecule is c1cc(-c2ccc3oc4ccc(-n5c6ccccc6c6ccccc65)cc4c3c2)cc(-c2ccc3c(c2)n2c(nc4ccccc42)sc2nc4ccccc4n23)c1.c1ccc2c(c1)nc1sc3nc4ccccc4n3c3cc(-c4ccc5oc6ccc(-n7c8ccccc8c8ccccc87)cc6c5c4)ccc3n12.c1ccc2c(c1)nc1sc3nc4ccccc4n3c3cc(-c4ccc5oc6ccccc6c5c4)ccc3n12. The Morgan fingerprint density at radius 2 is 0.363 bits per heavy atom. The van der Waals surface area contributed by atoms with Gasteiger partial charge in [-0.3, -0.25) is 26.4 Å². The minimum Gasteiger partial charge on any atom is -0.456 e. The maximum Gasteiger partial charge on any atom is 0.198 e. The lowest BCUT2D eigenvalue weighted by Crippen LogP contribution is -1.93. The monoisotopic (exact) mass is 1920 g/mol. The maximum absolute atomic E-state index is 6.42. The molecule has 0 N–H and O–H groups in total. The Balaban J connectivity index is 0.0000000994. The number of benzene rings is 20. The number of fused-ring (bicyclic) bond motifs is 42. The number of para-hydroxylation sites is 17. The van der Waals surface area contributed by atoms with E-state index in [-0.39, 0.29) is 0 Å². The minimum atomic E-state index is 0.872. The van der Waals surface area contributed by atoms with Crippen LogP contribution in [0.5, 0.6) is 0 Å². The molecule has 14 heterocycles. The predicted octanol–water partition coefficient (Wildman–Crippen LogP) is 33.8. The molecule has 0 amide bonds. The molecular formula is C126H72N14O3S3. The lowest BCUT2D eigenvalue weighted by molar-refractivity contribution is 0.668. The van der Waals surface area contributed by atoms with E-state index in [0.717, 1.165) is 251 Å². The van der Waals surface area contributed by atoms with Crippen LogP contribution in [-0.2, 0) is 0 Å². The van der Waals surface area contributed by atoms with E-state index < -0.39 is 0 Å². The van der Waals surface area contributed by atoms with Gasteiger partial charge in [0.25, 0.3) is 0 Å². The number of aromatic nitrogens is 14. The average Bonchev–Trinajstić information content (AvgIpc) is 1.54. The minimum absolute atomic E-state index is 0.872. The lowest BCUT2D eigenvalue weighted by atomic mass is 9.97. The van der Waals surface area contributed by atoms with Crippen LogP contribution in [0.1, 0.15) is 0 Å². The van der Waals surface area contributed by atoms with Crippen LogP contribution >= 0.6 is 34.0 Å². The summed E-state index contributed by atoms with van der Waals surface area (Å²) in [6, 6.07) is 154. The van der Waals surface area contributed by atoms with Crippen LogP contribution in [0.2, 0.25) is 0 Å². The van der Waals surface area contributed by atoms with Crippen molar-refractivity contribution in [1.29, 1.82) is 0 Å². The van der Waals surface area contributed by atoms with Crippen molar-refractivity contribution in [3.63, 3.8) is 0 Å². The van der Waals surface area contributed by atoms with Gasteiger partial charge in [-0.2, -0.15) is 0 Å². The van der Waals surface area contributed by atoms with Crippen molar-refractivity contribution < 1.29 is 13.3 Å². The van der Waals surface area contributed by atoms with E-state index in [1.54, 1.807) is 34.0 Å². The molecule has 0 aliphatic rings. The number of rotatable bonds is 6. The average molecular weight is 1930 g/mol. The first-order chi connectivity index (χ1) is 72.3. The fourth-order valence-corrected chi connectivity index (χ4v) is 25.7. The summed E-state index contributed by atoms with van der Waals surface area (Å²) in [6.45, 7) is 0. The summed E-state index contributed by atoms with van der Waals surface area (Å²) < 4.78 is 37.3. The summed E-state index contributed by atoms with van der Waals surface area (Å²) in [6.07, 6.45) is 0. The van der Waals surface area contributed by atoms with Crippen molar-refractivity contribution in [2.45, 2.75) is 0 Å². The zero-order chi connectivity index (χ0) is 95.2. The van der Waals surface area contributed by atoms with Gasteiger partial charge in [-0.25, -0.2) is 29.9 Å². The van der Waals surface area contributed by atoms with Gasteiger partial charge in [0.05, 0.1) is 121 Å². The molecule has 0 saturated heterocycles. The molecule has 0 atom stereocenters. The molecule has 20 heteroatoms. The van der Waals surface area contributed by atoms with Crippen molar-refractivity contribution in [1.82, 2.24) is 65.4 Å². The van der Waals surface area contributed by atoms with Crippen LogP contribution in [0.3, 0.4) is 0 Å². The largest absolute Gasteiger partial charge is 0.456 e. The summed E-state index contributed by atoms with van der Waals surface area (Å²) >= 11 is 4.83. The Kier molecular flexibility index (Phi) is 17.2. The van der Waals surface area contributed by atoms with Gasteiger partial charge in [-0.05, 0) is 263 Å². The molecule has 0 fully saturated rings. The molecule has 0 saturated carbocycles. The first-order valence-corrected chi connectivity index (χ1v) is 51.0. The Morgan fingerprint density at radius 3 is 0.671 bits per heavy atom. The Hall–Kier alpha value is -19.1. The normalized spacial score (nSPS) is 12.2. The van der Waals surface area contributed by atoms with Gasteiger partial charge in [0, 0.05) is 65.2 Å². The molecule has 0 bridgehead atoms. The molecule has 0 unspecified atom stereocenters. The maximum atomic E-state index is 6.42.